The zero-order valence-corrected chi connectivity index (χ0v) is 15.4. The minimum Gasteiger partial charge on any atom is -0.377 e. The molecule has 1 saturated carbocycles. The number of hydrogen-bond acceptors (Lipinski definition) is 2. The summed E-state index contributed by atoms with van der Waals surface area (Å²) >= 11 is 0. The van der Waals surface area contributed by atoms with Gasteiger partial charge in [-0.15, -0.1) is 24.0 Å². The van der Waals surface area contributed by atoms with Gasteiger partial charge in [-0.1, -0.05) is 18.1 Å². The van der Waals surface area contributed by atoms with Crippen molar-refractivity contribution < 1.29 is 4.74 Å². The lowest BCUT2D eigenvalue weighted by Crippen LogP contribution is -2.42. The fourth-order valence-corrected chi connectivity index (χ4v) is 3.66. The van der Waals surface area contributed by atoms with Crippen molar-refractivity contribution in [3.05, 3.63) is 11.6 Å². The Morgan fingerprint density at radius 3 is 2.86 bits per heavy atom. The van der Waals surface area contributed by atoms with E-state index in [4.69, 9.17) is 4.74 Å². The number of guanidine groups is 1. The average Bonchev–Trinajstić information content (AvgIpc) is 2.90. The normalized spacial score (nSPS) is 24.3. The van der Waals surface area contributed by atoms with Crippen LogP contribution < -0.4 is 5.32 Å². The highest BCUT2D eigenvalue weighted by atomic mass is 127. The van der Waals surface area contributed by atoms with E-state index in [1.54, 1.807) is 0 Å². The van der Waals surface area contributed by atoms with Crippen molar-refractivity contribution in [1.82, 2.24) is 10.2 Å². The number of nitrogens with zero attached hydrogens (tertiary/aromatic N) is 2. The van der Waals surface area contributed by atoms with Crippen LogP contribution in [0.3, 0.4) is 0 Å². The molecule has 21 heavy (non-hydrogen) atoms. The van der Waals surface area contributed by atoms with E-state index in [9.17, 15) is 0 Å². The van der Waals surface area contributed by atoms with Crippen LogP contribution in [-0.4, -0.2) is 50.8 Å². The maximum absolute atomic E-state index is 5.34. The number of hydrogen-bond donors (Lipinski definition) is 1. The van der Waals surface area contributed by atoms with Gasteiger partial charge in [0, 0.05) is 26.7 Å². The van der Waals surface area contributed by atoms with Crippen LogP contribution in [0.5, 0.6) is 0 Å². The molecule has 1 saturated heterocycles. The van der Waals surface area contributed by atoms with E-state index in [0.29, 0.717) is 5.41 Å². The van der Waals surface area contributed by atoms with Gasteiger partial charge < -0.3 is 15.0 Å². The molecular weight excluding hydrogens is 377 g/mol. The van der Waals surface area contributed by atoms with Crippen molar-refractivity contribution in [2.75, 3.05) is 39.9 Å². The molecule has 0 unspecified atom stereocenters. The standard InChI is InChI=1S/C16H27N3O.HI/c1-17-15(18-9-3-14-4-11-20-12-5-14)19-10-8-16(13-19)6-2-7-16;/h4H,2-3,5-13H2,1H3,(H,17,18);1H. The molecule has 0 atom stereocenters. The first-order chi connectivity index (χ1) is 9.81. The summed E-state index contributed by atoms with van der Waals surface area (Å²) < 4.78 is 5.34. The number of halogens is 1. The van der Waals surface area contributed by atoms with Gasteiger partial charge >= 0.3 is 0 Å². The summed E-state index contributed by atoms with van der Waals surface area (Å²) in [6.07, 6.45) is 10.1. The minimum atomic E-state index is 0. The molecule has 3 aliphatic rings. The van der Waals surface area contributed by atoms with Gasteiger partial charge in [0.25, 0.3) is 0 Å². The van der Waals surface area contributed by atoms with E-state index < -0.39 is 0 Å². The summed E-state index contributed by atoms with van der Waals surface area (Å²) in [5, 5.41) is 3.54. The monoisotopic (exact) mass is 405 g/mol. The van der Waals surface area contributed by atoms with Crippen molar-refractivity contribution in [2.24, 2.45) is 10.4 Å². The molecule has 2 fully saturated rings. The van der Waals surface area contributed by atoms with E-state index in [1.165, 1.54) is 44.3 Å². The molecule has 1 N–H and O–H groups in total. The van der Waals surface area contributed by atoms with Gasteiger partial charge in [0.05, 0.1) is 13.2 Å². The highest BCUT2D eigenvalue weighted by molar-refractivity contribution is 14.0. The van der Waals surface area contributed by atoms with Crippen LogP contribution in [0.25, 0.3) is 0 Å². The number of nitrogens with one attached hydrogen (secondary N) is 1. The molecule has 0 amide bonds. The van der Waals surface area contributed by atoms with Crippen LogP contribution in [0.2, 0.25) is 0 Å². The predicted octanol–water partition coefficient (Wildman–Crippen LogP) is 2.79. The van der Waals surface area contributed by atoms with E-state index in [0.717, 1.165) is 38.6 Å². The van der Waals surface area contributed by atoms with Crippen LogP contribution in [0.1, 0.15) is 38.5 Å². The zero-order chi connectivity index (χ0) is 13.8. The first-order valence-electron chi connectivity index (χ1n) is 8.03. The van der Waals surface area contributed by atoms with Crippen LogP contribution in [0.4, 0.5) is 0 Å². The highest BCUT2D eigenvalue weighted by Crippen LogP contribution is 2.47. The number of likely N-dealkylation sites (tertiary alicyclic amines) is 1. The molecule has 0 aromatic heterocycles. The molecule has 1 spiro atoms. The molecule has 4 nitrogen and oxygen atoms in total. The fourth-order valence-electron chi connectivity index (χ4n) is 3.66. The highest BCUT2D eigenvalue weighted by Gasteiger charge is 2.43. The van der Waals surface area contributed by atoms with Crippen molar-refractivity contribution in [3.63, 3.8) is 0 Å². The Bertz CT molecular complexity index is 404. The largest absolute Gasteiger partial charge is 0.377 e. The number of rotatable bonds is 3. The lowest BCUT2D eigenvalue weighted by atomic mass is 9.68. The van der Waals surface area contributed by atoms with Gasteiger partial charge in [0.2, 0.25) is 0 Å². The van der Waals surface area contributed by atoms with Crippen molar-refractivity contribution >= 4 is 29.9 Å². The summed E-state index contributed by atoms with van der Waals surface area (Å²) in [7, 11) is 1.90. The van der Waals surface area contributed by atoms with Gasteiger partial charge in [-0.3, -0.25) is 4.99 Å². The summed E-state index contributed by atoms with van der Waals surface area (Å²) in [5.74, 6) is 1.10. The quantitative estimate of drug-likeness (QED) is 0.340. The molecule has 1 aliphatic carbocycles. The molecule has 2 heterocycles. The van der Waals surface area contributed by atoms with Crippen LogP contribution in [0, 0.1) is 5.41 Å². The second-order valence-electron chi connectivity index (χ2n) is 6.44. The second-order valence-corrected chi connectivity index (χ2v) is 6.44. The third kappa shape index (κ3) is 4.12. The SMILES string of the molecule is CN=C(NCCC1=CCOCC1)N1CCC2(CCC2)C1.I. The van der Waals surface area contributed by atoms with Crippen LogP contribution in [0.15, 0.2) is 16.6 Å². The van der Waals surface area contributed by atoms with E-state index >= 15 is 0 Å². The number of ether oxygens (including phenoxy) is 1. The van der Waals surface area contributed by atoms with Gasteiger partial charge in [0.15, 0.2) is 5.96 Å². The summed E-state index contributed by atoms with van der Waals surface area (Å²) in [6, 6.07) is 0. The molecule has 5 heteroatoms. The van der Waals surface area contributed by atoms with E-state index in [1.807, 2.05) is 7.05 Å². The first kappa shape index (κ1) is 17.1. The Kier molecular flexibility index (Phi) is 6.34. The maximum Gasteiger partial charge on any atom is 0.193 e. The second kappa shape index (κ2) is 7.81. The summed E-state index contributed by atoms with van der Waals surface area (Å²) in [4.78, 5) is 6.92. The zero-order valence-electron chi connectivity index (χ0n) is 13.1. The van der Waals surface area contributed by atoms with Crippen LogP contribution in [-0.2, 0) is 4.74 Å². The van der Waals surface area contributed by atoms with Crippen LogP contribution >= 0.6 is 24.0 Å². The Labute approximate surface area is 145 Å². The van der Waals surface area contributed by atoms with Crippen molar-refractivity contribution in [1.29, 1.82) is 0 Å². The molecule has 2 aliphatic heterocycles. The molecular formula is C16H28IN3O. The molecule has 3 rings (SSSR count). The average molecular weight is 405 g/mol. The Morgan fingerprint density at radius 2 is 2.29 bits per heavy atom. The lowest BCUT2D eigenvalue weighted by Gasteiger charge is -2.38. The predicted molar refractivity (Wildman–Crippen MR) is 97.4 cm³/mol. The Balaban J connectivity index is 0.00000161. The van der Waals surface area contributed by atoms with Gasteiger partial charge in [-0.2, -0.15) is 0 Å². The minimum absolute atomic E-state index is 0. The molecule has 0 aromatic carbocycles. The van der Waals surface area contributed by atoms with E-state index in [2.05, 4.69) is 21.3 Å². The lowest BCUT2D eigenvalue weighted by molar-refractivity contribution is 0.151. The van der Waals surface area contributed by atoms with E-state index in [-0.39, 0.29) is 24.0 Å². The summed E-state index contributed by atoms with van der Waals surface area (Å²) in [5.41, 5.74) is 2.16. The molecule has 0 aromatic rings. The third-order valence-corrected chi connectivity index (χ3v) is 5.15. The van der Waals surface area contributed by atoms with Gasteiger partial charge in [0.1, 0.15) is 0 Å². The molecule has 120 valence electrons. The topological polar surface area (TPSA) is 36.9 Å². The fraction of sp³-hybridized carbons (Fsp3) is 0.812. The van der Waals surface area contributed by atoms with Gasteiger partial charge in [-0.05, 0) is 37.5 Å². The summed E-state index contributed by atoms with van der Waals surface area (Å²) in [6.45, 7) is 5.05. The first-order valence-corrected chi connectivity index (χ1v) is 8.03. The maximum atomic E-state index is 5.34. The number of aliphatic imine (C=N–C) groups is 1. The molecule has 0 radical (unpaired) electrons. The third-order valence-electron chi connectivity index (χ3n) is 5.15. The smallest absolute Gasteiger partial charge is 0.193 e. The Hall–Kier alpha value is -0.300. The molecule has 0 bridgehead atoms. The van der Waals surface area contributed by atoms with Gasteiger partial charge in [-0.25, -0.2) is 0 Å². The van der Waals surface area contributed by atoms with Crippen molar-refractivity contribution in [3.8, 4) is 0 Å². The Morgan fingerprint density at radius 1 is 1.43 bits per heavy atom. The van der Waals surface area contributed by atoms with Crippen molar-refractivity contribution in [2.45, 2.75) is 38.5 Å².